The highest BCUT2D eigenvalue weighted by atomic mass is 79.9. The molecule has 0 spiro atoms. The van der Waals surface area contributed by atoms with Crippen molar-refractivity contribution in [3.05, 3.63) is 46.3 Å². The van der Waals surface area contributed by atoms with Gasteiger partial charge in [-0.05, 0) is 27.6 Å². The Kier molecular flexibility index (Phi) is 3.74. The van der Waals surface area contributed by atoms with Gasteiger partial charge in [-0.15, -0.1) is 0 Å². The molecule has 0 amide bonds. The number of hydrogen-bond acceptors (Lipinski definition) is 5. The van der Waals surface area contributed by atoms with Crippen molar-refractivity contribution in [3.63, 3.8) is 0 Å². The third kappa shape index (κ3) is 2.56. The van der Waals surface area contributed by atoms with Gasteiger partial charge in [0.25, 0.3) is 0 Å². The Morgan fingerprint density at radius 1 is 1.24 bits per heavy atom. The normalized spacial score (nSPS) is 10.8. The van der Waals surface area contributed by atoms with E-state index in [1.54, 1.807) is 18.7 Å². The number of methoxy groups -OCH3 is 1. The molecule has 0 fully saturated rings. The molecule has 0 radical (unpaired) electrons. The van der Waals surface area contributed by atoms with Crippen LogP contribution in [0, 0.1) is 0 Å². The molecule has 0 aliphatic heterocycles. The van der Waals surface area contributed by atoms with Crippen molar-refractivity contribution in [1.29, 1.82) is 0 Å². The lowest BCUT2D eigenvalue weighted by Crippen LogP contribution is -2.05. The lowest BCUT2D eigenvalue weighted by Gasteiger charge is -2.07. The molecule has 0 atom stereocenters. The van der Waals surface area contributed by atoms with Gasteiger partial charge >= 0.3 is 0 Å². The Hall–Kier alpha value is -2.15. The first-order valence-electron chi connectivity index (χ1n) is 6.42. The predicted molar refractivity (Wildman–Crippen MR) is 83.8 cm³/mol. The zero-order chi connectivity index (χ0) is 14.8. The summed E-state index contributed by atoms with van der Waals surface area (Å²) in [5.74, 6) is 1.50. The third-order valence-electron chi connectivity index (χ3n) is 3.21. The van der Waals surface area contributed by atoms with Gasteiger partial charge in [0.1, 0.15) is 5.75 Å². The van der Waals surface area contributed by atoms with Crippen LogP contribution in [0.4, 0.5) is 5.95 Å². The van der Waals surface area contributed by atoms with E-state index in [-0.39, 0.29) is 0 Å². The minimum absolute atomic E-state index is 0.529. The number of nitrogens with one attached hydrogen (secondary N) is 1. The first-order valence-corrected chi connectivity index (χ1v) is 7.22. The predicted octanol–water partition coefficient (Wildman–Crippen LogP) is 2.53. The van der Waals surface area contributed by atoms with E-state index in [0.29, 0.717) is 17.1 Å². The largest absolute Gasteiger partial charge is 0.496 e. The molecule has 6 nitrogen and oxygen atoms in total. The van der Waals surface area contributed by atoms with Gasteiger partial charge in [0.05, 0.1) is 13.3 Å². The lowest BCUT2D eigenvalue weighted by molar-refractivity contribution is 0.410. The second-order valence-electron chi connectivity index (χ2n) is 4.46. The Balaban J connectivity index is 2.07. The average Bonchev–Trinajstić information content (AvgIpc) is 2.90. The zero-order valence-electron chi connectivity index (χ0n) is 11.7. The molecule has 3 rings (SSSR count). The maximum atomic E-state index is 5.39. The van der Waals surface area contributed by atoms with Gasteiger partial charge in [0.2, 0.25) is 10.7 Å². The molecule has 21 heavy (non-hydrogen) atoms. The first-order chi connectivity index (χ1) is 10.2. The quantitative estimate of drug-likeness (QED) is 0.785. The Morgan fingerprint density at radius 2 is 2.05 bits per heavy atom. The summed E-state index contributed by atoms with van der Waals surface area (Å²) in [5.41, 5.74) is 2.88. The Morgan fingerprint density at radius 3 is 2.81 bits per heavy atom. The summed E-state index contributed by atoms with van der Waals surface area (Å²) in [7, 11) is 3.47. The highest BCUT2D eigenvalue weighted by molar-refractivity contribution is 9.10. The van der Waals surface area contributed by atoms with Gasteiger partial charge in [-0.25, -0.2) is 4.98 Å². The summed E-state index contributed by atoms with van der Waals surface area (Å²) < 4.78 is 7.61. The lowest BCUT2D eigenvalue weighted by atomic mass is 10.1. The summed E-state index contributed by atoms with van der Waals surface area (Å²) in [4.78, 5) is 8.67. The van der Waals surface area contributed by atoms with Crippen molar-refractivity contribution in [2.75, 3.05) is 19.5 Å². The summed E-state index contributed by atoms with van der Waals surface area (Å²) in [6.45, 7) is 0. The number of anilines is 1. The van der Waals surface area contributed by atoms with E-state index < -0.39 is 0 Å². The third-order valence-corrected chi connectivity index (χ3v) is 3.57. The van der Waals surface area contributed by atoms with E-state index in [1.807, 2.05) is 30.5 Å². The van der Waals surface area contributed by atoms with Gasteiger partial charge in [-0.3, -0.25) is 0 Å². The van der Waals surface area contributed by atoms with Crippen LogP contribution in [0.15, 0.2) is 35.2 Å². The number of benzene rings is 1. The summed E-state index contributed by atoms with van der Waals surface area (Å²) in [5, 5.41) is 7.35. The van der Waals surface area contributed by atoms with Gasteiger partial charge in [-0.1, -0.05) is 18.2 Å². The number of hydrogen-bond donors (Lipinski definition) is 1. The number of fused-ring (bicyclic) bond motifs is 1. The summed E-state index contributed by atoms with van der Waals surface area (Å²) in [6, 6.07) is 7.94. The fraction of sp³-hybridized carbons (Fsp3) is 0.214. The maximum absolute atomic E-state index is 5.39. The number of ether oxygens (including phenoxy) is 1. The smallest absolute Gasteiger partial charge is 0.228 e. The second-order valence-corrected chi connectivity index (χ2v) is 5.17. The molecule has 7 heteroatoms. The van der Waals surface area contributed by atoms with Gasteiger partial charge in [-0.2, -0.15) is 14.6 Å². The molecule has 2 aromatic heterocycles. The van der Waals surface area contributed by atoms with Crippen molar-refractivity contribution in [2.45, 2.75) is 6.42 Å². The zero-order valence-corrected chi connectivity index (χ0v) is 13.3. The van der Waals surface area contributed by atoms with E-state index >= 15 is 0 Å². The SMILES string of the molecule is CNc1nc(Br)nc2c(Cc3ccccc3OC)cnn12. The monoisotopic (exact) mass is 347 g/mol. The van der Waals surface area contributed by atoms with Crippen LogP contribution >= 0.6 is 15.9 Å². The van der Waals surface area contributed by atoms with Crippen molar-refractivity contribution < 1.29 is 4.74 Å². The van der Waals surface area contributed by atoms with Crippen LogP contribution in [0.1, 0.15) is 11.1 Å². The van der Waals surface area contributed by atoms with Crippen molar-refractivity contribution >= 4 is 27.5 Å². The minimum atomic E-state index is 0.529. The van der Waals surface area contributed by atoms with E-state index in [1.165, 1.54) is 0 Å². The van der Waals surface area contributed by atoms with Crippen LogP contribution in [0.3, 0.4) is 0 Å². The van der Waals surface area contributed by atoms with Crippen molar-refractivity contribution in [1.82, 2.24) is 19.6 Å². The highest BCUT2D eigenvalue weighted by Gasteiger charge is 2.13. The number of halogens is 1. The highest BCUT2D eigenvalue weighted by Crippen LogP contribution is 2.23. The summed E-state index contributed by atoms with van der Waals surface area (Å²) in [6.07, 6.45) is 2.50. The van der Waals surface area contributed by atoms with E-state index in [9.17, 15) is 0 Å². The molecule has 3 aromatic rings. The van der Waals surface area contributed by atoms with Crippen LogP contribution in [0.5, 0.6) is 5.75 Å². The van der Waals surface area contributed by atoms with Gasteiger partial charge in [0, 0.05) is 19.0 Å². The fourth-order valence-electron chi connectivity index (χ4n) is 2.24. The van der Waals surface area contributed by atoms with E-state index in [2.05, 4.69) is 36.3 Å². The molecule has 0 bridgehead atoms. The molecule has 0 aliphatic carbocycles. The van der Waals surface area contributed by atoms with Crippen LogP contribution in [-0.2, 0) is 6.42 Å². The standard InChI is InChI=1S/C14H14BrN5O/c1-16-14-19-13(15)18-12-10(8-17-20(12)14)7-9-5-3-4-6-11(9)21-2/h3-6,8H,7H2,1-2H3,(H,16,18,19). The molecule has 0 unspecified atom stereocenters. The van der Waals surface area contributed by atoms with Crippen LogP contribution in [-0.4, -0.2) is 33.7 Å². The number of rotatable bonds is 4. The van der Waals surface area contributed by atoms with Crippen LogP contribution < -0.4 is 10.1 Å². The van der Waals surface area contributed by atoms with Crippen LogP contribution in [0.2, 0.25) is 0 Å². The molecule has 0 saturated heterocycles. The number of para-hydroxylation sites is 1. The minimum Gasteiger partial charge on any atom is -0.496 e. The Bertz CT molecular complexity index is 786. The molecule has 0 aliphatic rings. The second kappa shape index (κ2) is 5.69. The molecule has 0 saturated carbocycles. The first kappa shape index (κ1) is 13.8. The number of nitrogens with zero attached hydrogens (tertiary/aromatic N) is 4. The topological polar surface area (TPSA) is 64.3 Å². The molecule has 1 aromatic carbocycles. The van der Waals surface area contributed by atoms with E-state index in [4.69, 9.17) is 4.74 Å². The molecular formula is C14H14BrN5O. The molecule has 108 valence electrons. The number of aromatic nitrogens is 4. The fourth-order valence-corrected chi connectivity index (χ4v) is 2.57. The average molecular weight is 348 g/mol. The van der Waals surface area contributed by atoms with Gasteiger partial charge < -0.3 is 10.1 Å². The summed E-state index contributed by atoms with van der Waals surface area (Å²) >= 11 is 3.33. The maximum Gasteiger partial charge on any atom is 0.228 e. The molecule has 1 N–H and O–H groups in total. The van der Waals surface area contributed by atoms with Gasteiger partial charge in [0.15, 0.2) is 5.65 Å². The molecule has 2 heterocycles. The van der Waals surface area contributed by atoms with Crippen molar-refractivity contribution in [2.24, 2.45) is 0 Å². The molecular weight excluding hydrogens is 334 g/mol. The van der Waals surface area contributed by atoms with Crippen LogP contribution in [0.25, 0.3) is 5.65 Å². The van der Waals surface area contributed by atoms with Crippen molar-refractivity contribution in [3.8, 4) is 5.75 Å². The van der Waals surface area contributed by atoms with E-state index in [0.717, 1.165) is 22.5 Å². The Labute approximate surface area is 130 Å².